The molecule has 0 aliphatic carbocycles. The average Bonchev–Trinajstić information content (AvgIpc) is 3.11. The van der Waals surface area contributed by atoms with Gasteiger partial charge in [-0.05, 0) is 50.2 Å². The van der Waals surface area contributed by atoms with Crippen LogP contribution in [0.4, 0.5) is 0 Å². The largest absolute Gasteiger partial charge is 0.306 e. The second-order valence-electron chi connectivity index (χ2n) is 6.04. The lowest BCUT2D eigenvalue weighted by Crippen LogP contribution is -2.16. The minimum absolute atomic E-state index is 0.664. The third kappa shape index (κ3) is 2.37. The third-order valence-electron chi connectivity index (χ3n) is 4.35. The fourth-order valence-electron chi connectivity index (χ4n) is 3.30. The summed E-state index contributed by atoms with van der Waals surface area (Å²) in [6.07, 6.45) is 7.71. The van der Waals surface area contributed by atoms with Gasteiger partial charge < -0.3 is 4.90 Å². The molecule has 112 valence electrons. The number of likely N-dealkylation sites (tertiary alicyclic amines) is 1. The lowest BCUT2D eigenvalue weighted by Gasteiger charge is -2.12. The number of hydrogen-bond donors (Lipinski definition) is 0. The molecule has 0 bridgehead atoms. The molecule has 1 fully saturated rings. The molecular formula is C17H19N5. The summed E-state index contributed by atoms with van der Waals surface area (Å²) in [5.41, 5.74) is 2.90. The van der Waals surface area contributed by atoms with Gasteiger partial charge in [0.2, 0.25) is 0 Å². The zero-order valence-corrected chi connectivity index (χ0v) is 12.7. The molecule has 1 atom stereocenters. The quantitative estimate of drug-likeness (QED) is 0.743. The monoisotopic (exact) mass is 293 g/mol. The molecule has 0 spiro atoms. The maximum Gasteiger partial charge on any atom is 0.164 e. The van der Waals surface area contributed by atoms with Gasteiger partial charge in [-0.15, -0.1) is 0 Å². The Morgan fingerprint density at radius 2 is 2.14 bits per heavy atom. The molecule has 4 rings (SSSR count). The van der Waals surface area contributed by atoms with Crippen molar-refractivity contribution in [2.45, 2.75) is 12.8 Å². The van der Waals surface area contributed by atoms with Crippen LogP contribution >= 0.6 is 0 Å². The molecule has 0 N–H and O–H groups in total. The number of fused-ring (bicyclic) bond motifs is 1. The summed E-state index contributed by atoms with van der Waals surface area (Å²) in [6.45, 7) is 2.32. The van der Waals surface area contributed by atoms with E-state index in [2.05, 4.69) is 32.5 Å². The molecule has 0 radical (unpaired) electrons. The van der Waals surface area contributed by atoms with Crippen LogP contribution in [0.3, 0.4) is 0 Å². The summed E-state index contributed by atoms with van der Waals surface area (Å²) in [7, 11) is 2.19. The Kier molecular flexibility index (Phi) is 3.35. The summed E-state index contributed by atoms with van der Waals surface area (Å²) in [6, 6.07) is 7.99. The van der Waals surface area contributed by atoms with Crippen molar-refractivity contribution in [1.29, 1.82) is 0 Å². The fraction of sp³-hybridized carbons (Fsp3) is 0.353. The van der Waals surface area contributed by atoms with Gasteiger partial charge in [-0.3, -0.25) is 9.55 Å². The van der Waals surface area contributed by atoms with E-state index in [0.29, 0.717) is 5.92 Å². The number of imidazole rings is 1. The molecular weight excluding hydrogens is 274 g/mol. The normalized spacial score (nSPS) is 19.0. The van der Waals surface area contributed by atoms with Crippen LogP contribution in [0, 0.1) is 5.92 Å². The Morgan fingerprint density at radius 3 is 2.91 bits per heavy atom. The Labute approximate surface area is 129 Å². The minimum atomic E-state index is 0.664. The van der Waals surface area contributed by atoms with E-state index < -0.39 is 0 Å². The van der Waals surface area contributed by atoms with Crippen LogP contribution in [-0.2, 0) is 6.42 Å². The standard InChI is InChI=1S/C17H19N5/c1-21-9-6-13(12-21)10-16-20-15-5-3-8-19-17(15)22(16)14-4-2-7-18-11-14/h2-5,7-8,11,13H,6,9-10,12H2,1H3. The number of aromatic nitrogens is 4. The first-order valence-corrected chi connectivity index (χ1v) is 7.72. The van der Waals surface area contributed by atoms with Gasteiger partial charge >= 0.3 is 0 Å². The van der Waals surface area contributed by atoms with Gasteiger partial charge in [-0.2, -0.15) is 0 Å². The summed E-state index contributed by atoms with van der Waals surface area (Å²) in [5.74, 6) is 1.75. The highest BCUT2D eigenvalue weighted by Gasteiger charge is 2.23. The Morgan fingerprint density at radius 1 is 1.23 bits per heavy atom. The van der Waals surface area contributed by atoms with Crippen LogP contribution in [-0.4, -0.2) is 44.6 Å². The average molecular weight is 293 g/mol. The van der Waals surface area contributed by atoms with Gasteiger partial charge in [0.15, 0.2) is 5.65 Å². The highest BCUT2D eigenvalue weighted by Crippen LogP contribution is 2.24. The van der Waals surface area contributed by atoms with E-state index in [0.717, 1.165) is 35.6 Å². The molecule has 4 heterocycles. The Hall–Kier alpha value is -2.27. The van der Waals surface area contributed by atoms with Crippen LogP contribution < -0.4 is 0 Å². The SMILES string of the molecule is CN1CCC(Cc2nc3cccnc3n2-c2cccnc2)C1. The first-order valence-electron chi connectivity index (χ1n) is 7.72. The Bertz CT molecular complexity index is 780. The first kappa shape index (κ1) is 13.4. The topological polar surface area (TPSA) is 46.8 Å². The van der Waals surface area contributed by atoms with E-state index >= 15 is 0 Å². The molecule has 1 aliphatic rings. The molecule has 3 aromatic heterocycles. The molecule has 1 unspecified atom stereocenters. The summed E-state index contributed by atoms with van der Waals surface area (Å²) in [4.78, 5) is 16.0. The number of hydrogen-bond acceptors (Lipinski definition) is 4. The summed E-state index contributed by atoms with van der Waals surface area (Å²) in [5, 5.41) is 0. The van der Waals surface area contributed by atoms with Gasteiger partial charge in [0.05, 0.1) is 11.9 Å². The van der Waals surface area contributed by atoms with Crippen molar-refractivity contribution < 1.29 is 0 Å². The predicted octanol–water partition coefficient (Wildman–Crippen LogP) is 2.31. The summed E-state index contributed by atoms with van der Waals surface area (Å²) < 4.78 is 2.15. The smallest absolute Gasteiger partial charge is 0.164 e. The lowest BCUT2D eigenvalue weighted by molar-refractivity contribution is 0.392. The second-order valence-corrected chi connectivity index (χ2v) is 6.04. The van der Waals surface area contributed by atoms with E-state index in [4.69, 9.17) is 4.98 Å². The summed E-state index contributed by atoms with van der Waals surface area (Å²) >= 11 is 0. The fourth-order valence-corrected chi connectivity index (χ4v) is 3.30. The maximum absolute atomic E-state index is 4.83. The van der Waals surface area contributed by atoms with E-state index in [1.807, 2.05) is 30.6 Å². The molecule has 5 nitrogen and oxygen atoms in total. The molecule has 0 saturated carbocycles. The van der Waals surface area contributed by atoms with Crippen LogP contribution in [0.25, 0.3) is 16.9 Å². The number of pyridine rings is 2. The third-order valence-corrected chi connectivity index (χ3v) is 4.35. The lowest BCUT2D eigenvalue weighted by atomic mass is 10.0. The van der Waals surface area contributed by atoms with Gasteiger partial charge in [0.1, 0.15) is 11.3 Å². The van der Waals surface area contributed by atoms with Crippen molar-refractivity contribution >= 4 is 11.2 Å². The first-order chi connectivity index (χ1) is 10.8. The van der Waals surface area contributed by atoms with Crippen LogP contribution in [0.5, 0.6) is 0 Å². The van der Waals surface area contributed by atoms with E-state index in [1.54, 1.807) is 6.20 Å². The minimum Gasteiger partial charge on any atom is -0.306 e. The molecule has 0 amide bonds. The van der Waals surface area contributed by atoms with Crippen molar-refractivity contribution in [1.82, 2.24) is 24.4 Å². The number of rotatable bonds is 3. The van der Waals surface area contributed by atoms with Crippen molar-refractivity contribution in [3.8, 4) is 5.69 Å². The van der Waals surface area contributed by atoms with E-state index in [-0.39, 0.29) is 0 Å². The zero-order valence-electron chi connectivity index (χ0n) is 12.7. The molecule has 0 aromatic carbocycles. The van der Waals surface area contributed by atoms with Crippen molar-refractivity contribution in [3.63, 3.8) is 0 Å². The second kappa shape index (κ2) is 5.50. The Balaban J connectivity index is 1.80. The highest BCUT2D eigenvalue weighted by atomic mass is 15.1. The number of nitrogens with zero attached hydrogens (tertiary/aromatic N) is 5. The molecule has 3 aromatic rings. The molecule has 22 heavy (non-hydrogen) atoms. The van der Waals surface area contributed by atoms with Crippen LogP contribution in [0.2, 0.25) is 0 Å². The van der Waals surface area contributed by atoms with Gasteiger partial charge in [0.25, 0.3) is 0 Å². The van der Waals surface area contributed by atoms with Crippen molar-refractivity contribution in [3.05, 3.63) is 48.7 Å². The van der Waals surface area contributed by atoms with Crippen LogP contribution in [0.1, 0.15) is 12.2 Å². The maximum atomic E-state index is 4.83. The highest BCUT2D eigenvalue weighted by molar-refractivity contribution is 5.73. The van der Waals surface area contributed by atoms with Gasteiger partial charge in [0, 0.05) is 25.4 Å². The molecule has 1 aliphatic heterocycles. The van der Waals surface area contributed by atoms with Crippen molar-refractivity contribution in [2.75, 3.05) is 20.1 Å². The molecule has 1 saturated heterocycles. The predicted molar refractivity (Wildman–Crippen MR) is 86.0 cm³/mol. The van der Waals surface area contributed by atoms with Crippen molar-refractivity contribution in [2.24, 2.45) is 5.92 Å². The van der Waals surface area contributed by atoms with Gasteiger partial charge in [-0.1, -0.05) is 0 Å². The van der Waals surface area contributed by atoms with E-state index in [9.17, 15) is 0 Å². The molecule has 5 heteroatoms. The van der Waals surface area contributed by atoms with Gasteiger partial charge in [-0.25, -0.2) is 9.97 Å². The van der Waals surface area contributed by atoms with Crippen LogP contribution in [0.15, 0.2) is 42.9 Å². The van der Waals surface area contributed by atoms with E-state index in [1.165, 1.54) is 13.0 Å². The zero-order chi connectivity index (χ0) is 14.9.